The number of carboxylic acid groups (broad SMARTS) is 1. The normalized spacial score (nSPS) is 14.5. The summed E-state index contributed by atoms with van der Waals surface area (Å²) < 4.78 is 4.90. The summed E-state index contributed by atoms with van der Waals surface area (Å²) in [5, 5.41) is 11.2. The number of carboxylic acids is 1. The largest absolute Gasteiger partial charge is 0.481 e. The Kier molecular flexibility index (Phi) is 5.87. The topological polar surface area (TPSA) is 75.6 Å². The van der Waals surface area contributed by atoms with E-state index in [9.17, 15) is 9.59 Å². The summed E-state index contributed by atoms with van der Waals surface area (Å²) >= 11 is 0. The number of hydrogen-bond donors (Lipinski definition) is 2. The van der Waals surface area contributed by atoms with Gasteiger partial charge >= 0.3 is 5.97 Å². The SMILES string of the molecule is COCC(C)[C@@H](CC(=O)O)NC(C)=O. The van der Waals surface area contributed by atoms with Crippen molar-refractivity contribution in [1.29, 1.82) is 0 Å². The highest BCUT2D eigenvalue weighted by Gasteiger charge is 2.20. The molecule has 0 aromatic heterocycles. The number of carbonyl (C=O) groups is 2. The first kappa shape index (κ1) is 12.9. The molecule has 0 aromatic rings. The maximum atomic E-state index is 10.8. The first-order valence-electron chi connectivity index (χ1n) is 4.45. The van der Waals surface area contributed by atoms with Crippen LogP contribution in [0.2, 0.25) is 0 Å². The molecule has 1 unspecified atom stereocenters. The van der Waals surface area contributed by atoms with Crippen LogP contribution in [0.4, 0.5) is 0 Å². The Balaban J connectivity index is 4.21. The summed E-state index contributed by atoms with van der Waals surface area (Å²) in [6.45, 7) is 3.64. The van der Waals surface area contributed by atoms with E-state index in [4.69, 9.17) is 9.84 Å². The van der Waals surface area contributed by atoms with Crippen LogP contribution in [0.5, 0.6) is 0 Å². The summed E-state index contributed by atoms with van der Waals surface area (Å²) in [5.41, 5.74) is 0. The smallest absolute Gasteiger partial charge is 0.305 e. The number of rotatable bonds is 6. The molecule has 1 amide bonds. The molecule has 0 bridgehead atoms. The van der Waals surface area contributed by atoms with Crippen LogP contribution in [-0.2, 0) is 14.3 Å². The zero-order chi connectivity index (χ0) is 11.1. The van der Waals surface area contributed by atoms with Gasteiger partial charge in [-0.2, -0.15) is 0 Å². The lowest BCUT2D eigenvalue weighted by molar-refractivity contribution is -0.138. The zero-order valence-corrected chi connectivity index (χ0v) is 8.74. The summed E-state index contributed by atoms with van der Waals surface area (Å²) in [4.78, 5) is 21.3. The minimum absolute atomic E-state index is 0.0139. The van der Waals surface area contributed by atoms with E-state index < -0.39 is 5.97 Å². The third-order valence-corrected chi connectivity index (χ3v) is 1.90. The van der Waals surface area contributed by atoms with Gasteiger partial charge in [0.25, 0.3) is 0 Å². The average molecular weight is 203 g/mol. The van der Waals surface area contributed by atoms with Crippen LogP contribution in [0.25, 0.3) is 0 Å². The molecule has 14 heavy (non-hydrogen) atoms. The molecule has 0 saturated carbocycles. The predicted octanol–water partition coefficient (Wildman–Crippen LogP) is 0.248. The molecule has 0 aliphatic heterocycles. The van der Waals surface area contributed by atoms with Crippen molar-refractivity contribution < 1.29 is 19.4 Å². The van der Waals surface area contributed by atoms with Crippen LogP contribution in [0.15, 0.2) is 0 Å². The second kappa shape index (κ2) is 6.37. The fourth-order valence-electron chi connectivity index (χ4n) is 1.22. The van der Waals surface area contributed by atoms with Crippen molar-refractivity contribution in [3.63, 3.8) is 0 Å². The van der Waals surface area contributed by atoms with Crippen LogP contribution < -0.4 is 5.32 Å². The molecule has 5 heteroatoms. The van der Waals surface area contributed by atoms with Crippen molar-refractivity contribution in [2.45, 2.75) is 26.3 Å². The van der Waals surface area contributed by atoms with Crippen molar-refractivity contribution in [3.8, 4) is 0 Å². The van der Waals surface area contributed by atoms with Gasteiger partial charge in [-0.3, -0.25) is 9.59 Å². The maximum absolute atomic E-state index is 10.8. The highest BCUT2D eigenvalue weighted by Crippen LogP contribution is 2.07. The fraction of sp³-hybridized carbons (Fsp3) is 0.778. The number of ether oxygens (including phenoxy) is 1. The molecule has 2 N–H and O–H groups in total. The highest BCUT2D eigenvalue weighted by atomic mass is 16.5. The second-order valence-corrected chi connectivity index (χ2v) is 3.34. The lowest BCUT2D eigenvalue weighted by atomic mass is 10.00. The molecule has 0 radical (unpaired) electrons. The average Bonchev–Trinajstić information content (AvgIpc) is 2.01. The van der Waals surface area contributed by atoms with Crippen LogP contribution in [0.3, 0.4) is 0 Å². The standard InChI is InChI=1S/C9H17NO4/c1-6(5-14-3)8(4-9(12)13)10-7(2)11/h6,8H,4-5H2,1-3H3,(H,10,11)(H,12,13)/t6?,8-/m1/s1. The minimum atomic E-state index is -0.924. The van der Waals surface area contributed by atoms with Gasteiger partial charge in [0.1, 0.15) is 0 Å². The van der Waals surface area contributed by atoms with Crippen LogP contribution in [0, 0.1) is 5.92 Å². The Morgan fingerprint density at radius 3 is 2.43 bits per heavy atom. The quantitative estimate of drug-likeness (QED) is 0.648. The Labute approximate surface area is 83.4 Å². The van der Waals surface area contributed by atoms with Gasteiger partial charge < -0.3 is 15.2 Å². The Morgan fingerprint density at radius 2 is 2.07 bits per heavy atom. The van der Waals surface area contributed by atoms with E-state index in [0.29, 0.717) is 6.61 Å². The number of aliphatic carboxylic acids is 1. The van der Waals surface area contributed by atoms with Gasteiger partial charge in [0.15, 0.2) is 0 Å². The van der Waals surface area contributed by atoms with Crippen LogP contribution >= 0.6 is 0 Å². The number of amides is 1. The van der Waals surface area contributed by atoms with Crippen LogP contribution in [-0.4, -0.2) is 36.7 Å². The van der Waals surface area contributed by atoms with Crippen molar-refractivity contribution in [2.75, 3.05) is 13.7 Å². The van der Waals surface area contributed by atoms with Crippen molar-refractivity contribution in [3.05, 3.63) is 0 Å². The first-order chi connectivity index (χ1) is 6.47. The third-order valence-electron chi connectivity index (χ3n) is 1.90. The molecule has 0 fully saturated rings. The fourth-order valence-corrected chi connectivity index (χ4v) is 1.22. The zero-order valence-electron chi connectivity index (χ0n) is 8.74. The van der Waals surface area contributed by atoms with Crippen molar-refractivity contribution in [1.82, 2.24) is 5.32 Å². The summed E-state index contributed by atoms with van der Waals surface area (Å²) in [7, 11) is 1.54. The number of hydrogen-bond acceptors (Lipinski definition) is 3. The maximum Gasteiger partial charge on any atom is 0.305 e. The highest BCUT2D eigenvalue weighted by molar-refractivity contribution is 5.75. The van der Waals surface area contributed by atoms with Gasteiger partial charge in [-0.25, -0.2) is 0 Å². The van der Waals surface area contributed by atoms with E-state index in [-0.39, 0.29) is 24.3 Å². The van der Waals surface area contributed by atoms with Crippen molar-refractivity contribution in [2.24, 2.45) is 5.92 Å². The molecular weight excluding hydrogens is 186 g/mol. The molecule has 0 heterocycles. The molecule has 0 aromatic carbocycles. The molecular formula is C9H17NO4. The van der Waals surface area contributed by atoms with Crippen LogP contribution in [0.1, 0.15) is 20.3 Å². The van der Waals surface area contributed by atoms with E-state index in [0.717, 1.165) is 0 Å². The number of methoxy groups -OCH3 is 1. The number of carbonyl (C=O) groups excluding carboxylic acids is 1. The Morgan fingerprint density at radius 1 is 1.50 bits per heavy atom. The van der Waals surface area contributed by atoms with E-state index >= 15 is 0 Å². The van der Waals surface area contributed by atoms with E-state index in [1.54, 1.807) is 7.11 Å². The Hall–Kier alpha value is -1.10. The lowest BCUT2D eigenvalue weighted by Crippen LogP contribution is -2.41. The molecule has 0 saturated heterocycles. The number of nitrogens with one attached hydrogen (secondary N) is 1. The van der Waals surface area contributed by atoms with E-state index in [1.165, 1.54) is 6.92 Å². The molecule has 2 atom stereocenters. The molecule has 0 spiro atoms. The van der Waals surface area contributed by atoms with Gasteiger partial charge in [-0.15, -0.1) is 0 Å². The summed E-state index contributed by atoms with van der Waals surface area (Å²) in [6.07, 6.45) is -0.0793. The molecule has 0 rings (SSSR count). The van der Waals surface area contributed by atoms with Gasteiger partial charge in [-0.1, -0.05) is 6.92 Å². The van der Waals surface area contributed by atoms with Gasteiger partial charge in [0.2, 0.25) is 5.91 Å². The summed E-state index contributed by atoms with van der Waals surface area (Å²) in [5.74, 6) is -1.16. The predicted molar refractivity (Wildman–Crippen MR) is 50.9 cm³/mol. The Bertz CT molecular complexity index is 189. The van der Waals surface area contributed by atoms with E-state index in [2.05, 4.69) is 5.32 Å². The monoisotopic (exact) mass is 203 g/mol. The molecule has 5 nitrogen and oxygen atoms in total. The van der Waals surface area contributed by atoms with Gasteiger partial charge in [0, 0.05) is 26.0 Å². The second-order valence-electron chi connectivity index (χ2n) is 3.34. The van der Waals surface area contributed by atoms with E-state index in [1.807, 2.05) is 6.92 Å². The molecule has 82 valence electrons. The molecule has 0 aliphatic rings. The minimum Gasteiger partial charge on any atom is -0.481 e. The third kappa shape index (κ3) is 5.53. The van der Waals surface area contributed by atoms with Gasteiger partial charge in [0.05, 0.1) is 13.0 Å². The summed E-state index contributed by atoms with van der Waals surface area (Å²) in [6, 6.07) is -0.370. The lowest BCUT2D eigenvalue weighted by Gasteiger charge is -2.22. The first-order valence-corrected chi connectivity index (χ1v) is 4.45. The van der Waals surface area contributed by atoms with Crippen molar-refractivity contribution >= 4 is 11.9 Å². The molecule has 0 aliphatic carbocycles. The van der Waals surface area contributed by atoms with Gasteiger partial charge in [-0.05, 0) is 0 Å².